The van der Waals surface area contributed by atoms with E-state index in [0.29, 0.717) is 17.3 Å². The van der Waals surface area contributed by atoms with Gasteiger partial charge in [-0.25, -0.2) is 0 Å². The fourth-order valence-corrected chi connectivity index (χ4v) is 2.66. The summed E-state index contributed by atoms with van der Waals surface area (Å²) in [5, 5.41) is 0. The van der Waals surface area contributed by atoms with Gasteiger partial charge in [-0.3, -0.25) is 9.55 Å². The first-order chi connectivity index (χ1) is 8.97. The zero-order valence-electron chi connectivity index (χ0n) is 10.5. The van der Waals surface area contributed by atoms with Crippen molar-refractivity contribution in [2.45, 2.75) is 19.3 Å². The van der Waals surface area contributed by atoms with Gasteiger partial charge in [0.1, 0.15) is 5.84 Å². The highest BCUT2D eigenvalue weighted by atomic mass is 33.1. The Morgan fingerprint density at radius 1 is 1.26 bits per heavy atom. The fourth-order valence-electron chi connectivity index (χ4n) is 1.49. The van der Waals surface area contributed by atoms with Gasteiger partial charge < -0.3 is 5.73 Å². The van der Waals surface area contributed by atoms with Crippen LogP contribution in [0.2, 0.25) is 0 Å². The molecule has 0 atom stereocenters. The van der Waals surface area contributed by atoms with E-state index in [9.17, 15) is 8.42 Å². The number of nitrogens with zero attached hydrogens (tertiary/aromatic N) is 1. The van der Waals surface area contributed by atoms with Gasteiger partial charge in [-0.05, 0) is 24.8 Å². The van der Waals surface area contributed by atoms with E-state index >= 15 is 0 Å². The molecule has 0 radical (unpaired) electrons. The molecule has 0 unspecified atom stereocenters. The normalized spacial score (nSPS) is 12.6. The smallest absolute Gasteiger partial charge is 0.320 e. The van der Waals surface area contributed by atoms with Gasteiger partial charge in [0.05, 0.1) is 5.75 Å². The van der Waals surface area contributed by atoms with Crippen molar-refractivity contribution in [3.05, 3.63) is 35.9 Å². The molecule has 0 aliphatic carbocycles. The first-order valence-corrected chi connectivity index (χ1v) is 8.86. The summed E-state index contributed by atoms with van der Waals surface area (Å²) in [6.45, 7) is 0.574. The lowest BCUT2D eigenvalue weighted by molar-refractivity contribution is 0.503. The predicted octanol–water partition coefficient (Wildman–Crippen LogP) is 1.90. The molecule has 106 valence electrons. The Bertz CT molecular complexity index is 501. The topological polar surface area (TPSA) is 92.8 Å². The van der Waals surface area contributed by atoms with E-state index in [0.717, 1.165) is 19.3 Å². The number of rotatable bonds is 8. The molecular formula is C12H18N2O3S2. The molecule has 1 aromatic rings. The van der Waals surface area contributed by atoms with Crippen LogP contribution in [0.1, 0.15) is 18.4 Å². The highest BCUT2D eigenvalue weighted by Crippen LogP contribution is 2.08. The summed E-state index contributed by atoms with van der Waals surface area (Å²) in [4.78, 5) is 4.06. The van der Waals surface area contributed by atoms with Crippen LogP contribution in [0, 0.1) is 0 Å². The highest BCUT2D eigenvalue weighted by molar-refractivity contribution is 8.70. The maximum atomic E-state index is 10.5. The molecule has 0 saturated heterocycles. The van der Waals surface area contributed by atoms with Crippen LogP contribution in [-0.2, 0) is 15.6 Å². The van der Waals surface area contributed by atoms with Crippen LogP contribution >= 0.6 is 10.8 Å². The van der Waals surface area contributed by atoms with Crippen molar-refractivity contribution >= 4 is 25.8 Å². The van der Waals surface area contributed by atoms with E-state index in [1.807, 2.05) is 18.2 Å². The molecule has 0 heterocycles. The molecule has 0 aliphatic rings. The van der Waals surface area contributed by atoms with Crippen molar-refractivity contribution in [1.82, 2.24) is 0 Å². The lowest BCUT2D eigenvalue weighted by Gasteiger charge is -2.01. The molecule has 19 heavy (non-hydrogen) atoms. The number of unbranched alkanes of at least 4 members (excludes halogenated alkanes) is 1. The summed E-state index contributed by atoms with van der Waals surface area (Å²) in [6, 6.07) is 10.2. The van der Waals surface area contributed by atoms with Gasteiger partial charge in [-0.1, -0.05) is 30.3 Å². The average Bonchev–Trinajstić information content (AvgIpc) is 2.36. The lowest BCUT2D eigenvalue weighted by atomic mass is 10.1. The summed E-state index contributed by atoms with van der Waals surface area (Å²) in [7, 11) is -3.66. The molecule has 0 saturated carbocycles. The van der Waals surface area contributed by atoms with Crippen molar-refractivity contribution in [1.29, 1.82) is 0 Å². The van der Waals surface area contributed by atoms with Crippen LogP contribution in [-0.4, -0.2) is 31.1 Å². The SMILES string of the molecule is NC(CSS(=O)(=O)O)=NCCCCc1ccccc1. The molecule has 0 amide bonds. The summed E-state index contributed by atoms with van der Waals surface area (Å²) in [5.74, 6) is 0.236. The van der Waals surface area contributed by atoms with Crippen molar-refractivity contribution in [3.63, 3.8) is 0 Å². The standard InChI is InChI=1S/C12H18N2O3S2/c13-12(10-18-19(15,16)17)14-9-5-4-8-11-6-2-1-3-7-11/h1-3,6-7H,4-5,8-10H2,(H2,13,14)(H,15,16,17). The Balaban J connectivity index is 2.16. The van der Waals surface area contributed by atoms with Crippen LogP contribution in [0.15, 0.2) is 35.3 Å². The maximum absolute atomic E-state index is 10.5. The van der Waals surface area contributed by atoms with E-state index in [-0.39, 0.29) is 11.6 Å². The van der Waals surface area contributed by atoms with Crippen LogP contribution in [0.4, 0.5) is 0 Å². The number of hydrogen-bond acceptors (Lipinski definition) is 4. The molecule has 7 heteroatoms. The van der Waals surface area contributed by atoms with E-state index < -0.39 is 9.15 Å². The highest BCUT2D eigenvalue weighted by Gasteiger charge is 2.06. The van der Waals surface area contributed by atoms with E-state index in [1.165, 1.54) is 5.56 Å². The first kappa shape index (κ1) is 16.0. The van der Waals surface area contributed by atoms with E-state index in [4.69, 9.17) is 10.3 Å². The summed E-state index contributed by atoms with van der Waals surface area (Å²) in [5.41, 5.74) is 6.82. The van der Waals surface area contributed by atoms with Gasteiger partial charge >= 0.3 is 9.15 Å². The third-order valence-electron chi connectivity index (χ3n) is 2.39. The number of benzene rings is 1. The number of aliphatic imine (C=N–C) groups is 1. The number of amidine groups is 1. The fraction of sp³-hybridized carbons (Fsp3) is 0.417. The zero-order valence-corrected chi connectivity index (χ0v) is 12.2. The van der Waals surface area contributed by atoms with E-state index in [2.05, 4.69) is 17.1 Å². The van der Waals surface area contributed by atoms with Crippen LogP contribution < -0.4 is 5.73 Å². The van der Waals surface area contributed by atoms with Gasteiger partial charge in [-0.15, -0.1) is 0 Å². The van der Waals surface area contributed by atoms with Crippen molar-refractivity contribution in [2.75, 3.05) is 12.3 Å². The first-order valence-electron chi connectivity index (χ1n) is 5.92. The van der Waals surface area contributed by atoms with Crippen LogP contribution in [0.3, 0.4) is 0 Å². The van der Waals surface area contributed by atoms with Gasteiger partial charge in [0, 0.05) is 17.3 Å². The van der Waals surface area contributed by atoms with E-state index in [1.54, 1.807) is 0 Å². The lowest BCUT2D eigenvalue weighted by Crippen LogP contribution is -2.16. The molecule has 0 bridgehead atoms. The molecular weight excluding hydrogens is 284 g/mol. The Labute approximate surface area is 117 Å². The minimum absolute atomic E-state index is 0.00246. The second-order valence-electron chi connectivity index (χ2n) is 4.01. The quantitative estimate of drug-likeness (QED) is 0.251. The Morgan fingerprint density at radius 3 is 2.58 bits per heavy atom. The largest absolute Gasteiger partial charge is 0.387 e. The Hall–Kier alpha value is -1.05. The molecule has 0 fully saturated rings. The van der Waals surface area contributed by atoms with Gasteiger partial charge in [0.25, 0.3) is 0 Å². The van der Waals surface area contributed by atoms with Crippen LogP contribution in [0.5, 0.6) is 0 Å². The van der Waals surface area contributed by atoms with Crippen LogP contribution in [0.25, 0.3) is 0 Å². The minimum atomic E-state index is -4.03. The molecule has 0 spiro atoms. The van der Waals surface area contributed by atoms with Gasteiger partial charge in [0.2, 0.25) is 0 Å². The Kier molecular flexibility index (Phi) is 6.90. The number of aryl methyl sites for hydroxylation is 1. The third kappa shape index (κ3) is 8.63. The summed E-state index contributed by atoms with van der Waals surface area (Å²) >= 11 is 0. The van der Waals surface area contributed by atoms with Gasteiger partial charge in [-0.2, -0.15) is 8.42 Å². The maximum Gasteiger partial charge on any atom is 0.320 e. The van der Waals surface area contributed by atoms with Gasteiger partial charge in [0.15, 0.2) is 0 Å². The molecule has 0 aliphatic heterocycles. The molecule has 1 rings (SSSR count). The zero-order chi connectivity index (χ0) is 14.1. The predicted molar refractivity (Wildman–Crippen MR) is 79.9 cm³/mol. The van der Waals surface area contributed by atoms with Crippen molar-refractivity contribution in [2.24, 2.45) is 10.7 Å². The third-order valence-corrected chi connectivity index (χ3v) is 4.35. The van der Waals surface area contributed by atoms with Crippen molar-refractivity contribution < 1.29 is 13.0 Å². The molecule has 0 aromatic heterocycles. The summed E-state index contributed by atoms with van der Waals surface area (Å²) in [6.07, 6.45) is 2.90. The number of hydrogen-bond donors (Lipinski definition) is 2. The number of nitrogens with two attached hydrogens (primary N) is 1. The van der Waals surface area contributed by atoms with Crippen molar-refractivity contribution in [3.8, 4) is 0 Å². The molecule has 5 nitrogen and oxygen atoms in total. The Morgan fingerprint density at radius 2 is 1.95 bits per heavy atom. The monoisotopic (exact) mass is 302 g/mol. The molecule has 1 aromatic carbocycles. The second kappa shape index (κ2) is 8.19. The minimum Gasteiger partial charge on any atom is -0.387 e. The molecule has 3 N–H and O–H groups in total. The average molecular weight is 302 g/mol. The summed E-state index contributed by atoms with van der Waals surface area (Å²) < 4.78 is 29.5. The second-order valence-corrected chi connectivity index (χ2v) is 7.36.